The number of ketones is 1. The highest BCUT2D eigenvalue weighted by molar-refractivity contribution is 9.10. The molecular formula is C26H21BrN2O5. The summed E-state index contributed by atoms with van der Waals surface area (Å²) in [7, 11) is 0. The minimum atomic E-state index is -0.147. The number of halogens is 1. The second kappa shape index (κ2) is 8.54. The molecule has 0 bridgehead atoms. The first-order chi connectivity index (χ1) is 16.6. The lowest BCUT2D eigenvalue weighted by molar-refractivity contribution is -0.0165. The number of benzene rings is 2. The van der Waals surface area contributed by atoms with E-state index in [0.29, 0.717) is 36.9 Å². The van der Waals surface area contributed by atoms with Crippen LogP contribution in [0.1, 0.15) is 38.2 Å². The Labute approximate surface area is 205 Å². The van der Waals surface area contributed by atoms with Gasteiger partial charge in [0.05, 0.1) is 12.2 Å². The predicted molar refractivity (Wildman–Crippen MR) is 128 cm³/mol. The van der Waals surface area contributed by atoms with Gasteiger partial charge in [-0.15, -0.1) is 0 Å². The van der Waals surface area contributed by atoms with Gasteiger partial charge in [-0.25, -0.2) is 0 Å². The number of carbonyl (C=O) groups excluding carboxylic acids is 1. The van der Waals surface area contributed by atoms with Gasteiger partial charge in [-0.3, -0.25) is 14.7 Å². The molecule has 0 spiro atoms. The van der Waals surface area contributed by atoms with E-state index in [1.165, 1.54) is 0 Å². The molecule has 0 radical (unpaired) electrons. The topological polar surface area (TPSA) is 70.1 Å². The SMILES string of the molecule is Cc1c2c(cc3c1O/C(=C\c1cc(Br)cc4c1OCOC4)C3=O)CN(Cc1cccnc1)CO2. The normalized spacial score (nSPS) is 17.9. The molecule has 4 heterocycles. The second-order valence-corrected chi connectivity index (χ2v) is 9.44. The molecule has 2 aromatic carbocycles. The zero-order valence-corrected chi connectivity index (χ0v) is 20.1. The van der Waals surface area contributed by atoms with E-state index in [1.807, 2.05) is 43.5 Å². The summed E-state index contributed by atoms with van der Waals surface area (Å²) in [4.78, 5) is 19.7. The Bertz CT molecular complexity index is 1340. The Morgan fingerprint density at radius 3 is 2.91 bits per heavy atom. The van der Waals surface area contributed by atoms with Gasteiger partial charge < -0.3 is 18.9 Å². The molecule has 3 aromatic rings. The van der Waals surface area contributed by atoms with Crippen molar-refractivity contribution in [3.8, 4) is 17.2 Å². The number of Topliss-reactive ketones (excluding diaryl/α,β-unsaturated/α-hetero) is 1. The van der Waals surface area contributed by atoms with Crippen LogP contribution in [0.5, 0.6) is 17.2 Å². The summed E-state index contributed by atoms with van der Waals surface area (Å²) in [6.45, 7) is 4.43. The van der Waals surface area contributed by atoms with E-state index >= 15 is 0 Å². The minimum absolute atomic E-state index is 0.147. The van der Waals surface area contributed by atoms with Crippen LogP contribution in [0.25, 0.3) is 6.08 Å². The van der Waals surface area contributed by atoms with Crippen LogP contribution in [0.4, 0.5) is 0 Å². The van der Waals surface area contributed by atoms with E-state index in [1.54, 1.807) is 12.3 Å². The van der Waals surface area contributed by atoms with Crippen LogP contribution in [0, 0.1) is 6.92 Å². The Kier molecular flexibility index (Phi) is 5.36. The van der Waals surface area contributed by atoms with Gasteiger partial charge in [-0.2, -0.15) is 0 Å². The van der Waals surface area contributed by atoms with Crippen LogP contribution in [-0.4, -0.2) is 29.2 Å². The van der Waals surface area contributed by atoms with Gasteiger partial charge in [-0.1, -0.05) is 22.0 Å². The van der Waals surface area contributed by atoms with Crippen LogP contribution in [-0.2, 0) is 24.4 Å². The second-order valence-electron chi connectivity index (χ2n) is 8.52. The van der Waals surface area contributed by atoms with Crippen molar-refractivity contribution < 1.29 is 23.7 Å². The first-order valence-electron chi connectivity index (χ1n) is 10.9. The zero-order chi connectivity index (χ0) is 23.2. The number of hydrogen-bond acceptors (Lipinski definition) is 7. The van der Waals surface area contributed by atoms with Crippen LogP contribution < -0.4 is 14.2 Å². The number of ether oxygens (including phenoxy) is 4. The minimum Gasteiger partial charge on any atom is -0.477 e. The van der Waals surface area contributed by atoms with E-state index in [2.05, 4.69) is 25.8 Å². The highest BCUT2D eigenvalue weighted by Gasteiger charge is 2.34. The summed E-state index contributed by atoms with van der Waals surface area (Å²) >= 11 is 3.53. The first-order valence-corrected chi connectivity index (χ1v) is 11.7. The van der Waals surface area contributed by atoms with E-state index in [0.717, 1.165) is 44.6 Å². The molecule has 172 valence electrons. The highest BCUT2D eigenvalue weighted by atomic mass is 79.9. The summed E-state index contributed by atoms with van der Waals surface area (Å²) in [6.07, 6.45) is 5.36. The third-order valence-corrected chi connectivity index (χ3v) is 6.58. The molecule has 0 saturated heterocycles. The molecule has 0 aliphatic carbocycles. The number of fused-ring (bicyclic) bond motifs is 3. The molecule has 0 unspecified atom stereocenters. The number of aromatic nitrogens is 1. The standard InChI is InChI=1S/C26H21BrN2O5/c1-15-24-18(11-29(13-32-24)10-16-3-2-4-28-9-16)7-21-23(30)22(34-25(15)21)8-17-5-20(27)6-19-12-31-14-33-26(17)19/h2-9H,10-14H2,1H3/b22-8-. The summed E-state index contributed by atoms with van der Waals surface area (Å²) in [5, 5.41) is 0. The van der Waals surface area contributed by atoms with E-state index < -0.39 is 0 Å². The summed E-state index contributed by atoms with van der Waals surface area (Å²) in [5.74, 6) is 2.17. The number of carbonyl (C=O) groups is 1. The highest BCUT2D eigenvalue weighted by Crippen LogP contribution is 2.44. The molecule has 0 atom stereocenters. The molecule has 1 aromatic heterocycles. The summed E-state index contributed by atoms with van der Waals surface area (Å²) in [5.41, 5.74) is 5.18. The predicted octanol–water partition coefficient (Wildman–Crippen LogP) is 4.99. The maximum Gasteiger partial charge on any atom is 0.231 e. The van der Waals surface area contributed by atoms with Gasteiger partial charge in [0.25, 0.3) is 0 Å². The first kappa shape index (κ1) is 21.3. The monoisotopic (exact) mass is 520 g/mol. The molecule has 3 aliphatic heterocycles. The van der Waals surface area contributed by atoms with Crippen LogP contribution >= 0.6 is 15.9 Å². The molecule has 0 amide bonds. The van der Waals surface area contributed by atoms with E-state index in [-0.39, 0.29) is 18.3 Å². The number of nitrogens with zero attached hydrogens (tertiary/aromatic N) is 2. The fourth-order valence-corrected chi connectivity index (χ4v) is 5.13. The van der Waals surface area contributed by atoms with Gasteiger partial charge in [0, 0.05) is 52.2 Å². The Morgan fingerprint density at radius 1 is 1.15 bits per heavy atom. The molecule has 6 rings (SSSR count). The lowest BCUT2D eigenvalue weighted by Gasteiger charge is -2.30. The average molecular weight is 521 g/mol. The van der Waals surface area contributed by atoms with Crippen molar-refractivity contribution in [3.63, 3.8) is 0 Å². The van der Waals surface area contributed by atoms with Crippen LogP contribution in [0.2, 0.25) is 0 Å². The molecule has 0 fully saturated rings. The summed E-state index contributed by atoms with van der Waals surface area (Å²) in [6, 6.07) is 9.73. The van der Waals surface area contributed by atoms with Gasteiger partial charge in [0.2, 0.25) is 5.78 Å². The molecular weight excluding hydrogens is 500 g/mol. The molecule has 8 heteroatoms. The average Bonchev–Trinajstić information content (AvgIpc) is 3.15. The fraction of sp³-hybridized carbons (Fsp3) is 0.231. The van der Waals surface area contributed by atoms with E-state index in [9.17, 15) is 4.79 Å². The number of allylic oxidation sites excluding steroid dienone is 1. The van der Waals surface area contributed by atoms with Crippen molar-refractivity contribution >= 4 is 27.8 Å². The Balaban J connectivity index is 1.31. The molecule has 0 saturated carbocycles. The van der Waals surface area contributed by atoms with Crippen molar-refractivity contribution in [1.29, 1.82) is 0 Å². The van der Waals surface area contributed by atoms with Crippen molar-refractivity contribution in [2.45, 2.75) is 26.6 Å². The van der Waals surface area contributed by atoms with Gasteiger partial charge in [-0.05, 0) is 42.8 Å². The third kappa shape index (κ3) is 3.77. The Morgan fingerprint density at radius 2 is 2.06 bits per heavy atom. The number of hydrogen-bond donors (Lipinski definition) is 0. The smallest absolute Gasteiger partial charge is 0.231 e. The van der Waals surface area contributed by atoms with Gasteiger partial charge in [0.15, 0.2) is 12.6 Å². The van der Waals surface area contributed by atoms with Crippen molar-refractivity contribution in [1.82, 2.24) is 9.88 Å². The van der Waals surface area contributed by atoms with Crippen molar-refractivity contribution in [2.24, 2.45) is 0 Å². The lowest BCUT2D eigenvalue weighted by atomic mass is 9.99. The van der Waals surface area contributed by atoms with Crippen molar-refractivity contribution in [3.05, 3.63) is 86.3 Å². The third-order valence-electron chi connectivity index (χ3n) is 6.12. The van der Waals surface area contributed by atoms with Crippen LogP contribution in [0.15, 0.2) is 53.0 Å². The zero-order valence-electron chi connectivity index (χ0n) is 18.5. The quantitative estimate of drug-likeness (QED) is 0.450. The van der Waals surface area contributed by atoms with Gasteiger partial charge >= 0.3 is 0 Å². The molecule has 0 N–H and O–H groups in total. The maximum absolute atomic E-state index is 13.3. The largest absolute Gasteiger partial charge is 0.477 e. The number of pyridine rings is 1. The maximum atomic E-state index is 13.3. The summed E-state index contributed by atoms with van der Waals surface area (Å²) < 4.78 is 24.2. The van der Waals surface area contributed by atoms with Crippen molar-refractivity contribution in [2.75, 3.05) is 13.5 Å². The Hall–Kier alpha value is -3.20. The number of rotatable bonds is 3. The van der Waals surface area contributed by atoms with Crippen LogP contribution in [0.3, 0.4) is 0 Å². The van der Waals surface area contributed by atoms with E-state index in [4.69, 9.17) is 18.9 Å². The lowest BCUT2D eigenvalue weighted by Crippen LogP contribution is -2.32. The van der Waals surface area contributed by atoms with Gasteiger partial charge in [0.1, 0.15) is 24.0 Å². The molecule has 7 nitrogen and oxygen atoms in total. The molecule has 3 aliphatic rings. The fourth-order valence-electron chi connectivity index (χ4n) is 4.60. The molecule has 34 heavy (non-hydrogen) atoms.